The molecule has 2 rings (SSSR count). The highest BCUT2D eigenvalue weighted by Gasteiger charge is 2.20. The van der Waals surface area contributed by atoms with Crippen molar-refractivity contribution in [2.45, 2.75) is 38.3 Å². The molecule has 0 spiro atoms. The Balaban J connectivity index is 2.35. The van der Waals surface area contributed by atoms with Crippen molar-refractivity contribution in [1.29, 1.82) is 0 Å². The van der Waals surface area contributed by atoms with E-state index in [-0.39, 0.29) is 18.1 Å². The largest absolute Gasteiger partial charge is 0.456 e. The maximum Gasteiger partial charge on any atom is 0.332 e. The van der Waals surface area contributed by atoms with E-state index in [9.17, 15) is 13.2 Å². The molecule has 1 aromatic carbocycles. The molecule has 26 heavy (non-hydrogen) atoms. The molecule has 0 aliphatic heterocycles. The van der Waals surface area contributed by atoms with Crippen LogP contribution in [0.3, 0.4) is 0 Å². The van der Waals surface area contributed by atoms with Crippen molar-refractivity contribution in [3.63, 3.8) is 0 Å². The summed E-state index contributed by atoms with van der Waals surface area (Å²) in [6.45, 7) is 4.86. The maximum atomic E-state index is 12.3. The summed E-state index contributed by atoms with van der Waals surface area (Å²) < 4.78 is 38.0. The third kappa shape index (κ3) is 4.40. The molecule has 0 N–H and O–H groups in total. The number of imidazole rings is 1. The summed E-state index contributed by atoms with van der Waals surface area (Å²) in [4.78, 5) is 16.3. The van der Waals surface area contributed by atoms with Crippen molar-refractivity contribution >= 4 is 27.0 Å². The minimum absolute atomic E-state index is 0.0103. The van der Waals surface area contributed by atoms with E-state index in [0.717, 1.165) is 16.2 Å². The van der Waals surface area contributed by atoms with Gasteiger partial charge >= 0.3 is 5.97 Å². The van der Waals surface area contributed by atoms with Crippen LogP contribution in [0.15, 0.2) is 23.1 Å². The van der Waals surface area contributed by atoms with Gasteiger partial charge < -0.3 is 14.0 Å². The zero-order valence-electron chi connectivity index (χ0n) is 15.6. The second-order valence-electron chi connectivity index (χ2n) is 5.92. The smallest absolute Gasteiger partial charge is 0.332 e. The van der Waals surface area contributed by atoms with Gasteiger partial charge in [0.15, 0.2) is 0 Å². The number of sulfonamides is 1. The molecule has 0 atom stereocenters. The second kappa shape index (κ2) is 8.61. The first-order chi connectivity index (χ1) is 12.3. The van der Waals surface area contributed by atoms with Crippen LogP contribution in [0.4, 0.5) is 0 Å². The Morgan fingerprint density at radius 1 is 1.27 bits per heavy atom. The van der Waals surface area contributed by atoms with E-state index in [2.05, 4.69) is 4.98 Å². The van der Waals surface area contributed by atoms with Gasteiger partial charge in [-0.1, -0.05) is 6.92 Å². The average Bonchev–Trinajstić information content (AvgIpc) is 2.95. The van der Waals surface area contributed by atoms with Crippen molar-refractivity contribution in [2.75, 3.05) is 27.3 Å². The van der Waals surface area contributed by atoms with E-state index in [1.54, 1.807) is 25.1 Å². The van der Waals surface area contributed by atoms with E-state index in [4.69, 9.17) is 9.47 Å². The Kier molecular flexibility index (Phi) is 6.74. The van der Waals surface area contributed by atoms with Gasteiger partial charge in [-0.2, -0.15) is 0 Å². The van der Waals surface area contributed by atoms with Crippen molar-refractivity contribution < 1.29 is 22.7 Å². The monoisotopic (exact) mass is 383 g/mol. The predicted octanol–water partition coefficient (Wildman–Crippen LogP) is 1.78. The van der Waals surface area contributed by atoms with Gasteiger partial charge in [0, 0.05) is 27.2 Å². The zero-order chi connectivity index (χ0) is 19.3. The molecular formula is C17H25N3O5S. The highest BCUT2D eigenvalue weighted by molar-refractivity contribution is 7.89. The van der Waals surface area contributed by atoms with Gasteiger partial charge in [0.1, 0.15) is 19.0 Å². The number of carbonyl (C=O) groups is 1. The highest BCUT2D eigenvalue weighted by atomic mass is 32.2. The molecular weight excluding hydrogens is 358 g/mol. The van der Waals surface area contributed by atoms with Gasteiger partial charge in [0.2, 0.25) is 10.0 Å². The predicted molar refractivity (Wildman–Crippen MR) is 97.2 cm³/mol. The quantitative estimate of drug-likeness (QED) is 0.613. The summed E-state index contributed by atoms with van der Waals surface area (Å²) >= 11 is 0. The third-order valence-electron chi connectivity index (χ3n) is 3.81. The molecule has 0 radical (unpaired) electrons. The molecule has 2 aromatic rings. The van der Waals surface area contributed by atoms with Gasteiger partial charge in [0.25, 0.3) is 0 Å². The van der Waals surface area contributed by atoms with E-state index in [1.165, 1.54) is 14.1 Å². The topological polar surface area (TPSA) is 90.7 Å². The fourth-order valence-corrected chi connectivity index (χ4v) is 3.41. The summed E-state index contributed by atoms with van der Waals surface area (Å²) in [6, 6.07) is 4.85. The molecule has 1 heterocycles. The number of aromatic nitrogens is 2. The first kappa shape index (κ1) is 20.3. The Bertz CT molecular complexity index is 874. The first-order valence-corrected chi connectivity index (χ1v) is 9.90. The fraction of sp³-hybridized carbons (Fsp3) is 0.529. The molecule has 0 amide bonds. The second-order valence-corrected chi connectivity index (χ2v) is 8.07. The fourth-order valence-electron chi connectivity index (χ4n) is 2.49. The number of nitrogens with zero attached hydrogens (tertiary/aromatic N) is 3. The molecule has 8 nitrogen and oxygen atoms in total. The molecule has 0 bridgehead atoms. The Morgan fingerprint density at radius 3 is 2.62 bits per heavy atom. The third-order valence-corrected chi connectivity index (χ3v) is 5.62. The van der Waals surface area contributed by atoms with E-state index >= 15 is 0 Å². The van der Waals surface area contributed by atoms with E-state index in [1.807, 2.05) is 11.5 Å². The minimum atomic E-state index is -3.54. The summed E-state index contributed by atoms with van der Waals surface area (Å²) in [7, 11) is -0.569. The lowest BCUT2D eigenvalue weighted by Crippen LogP contribution is -2.22. The first-order valence-electron chi connectivity index (χ1n) is 8.46. The van der Waals surface area contributed by atoms with Crippen LogP contribution in [0.25, 0.3) is 11.0 Å². The van der Waals surface area contributed by atoms with Crippen LogP contribution in [-0.2, 0) is 37.4 Å². The number of ether oxygens (including phenoxy) is 2. The highest BCUT2D eigenvalue weighted by Crippen LogP contribution is 2.23. The van der Waals surface area contributed by atoms with E-state index < -0.39 is 16.0 Å². The molecule has 0 saturated carbocycles. The Labute approximate surface area is 153 Å². The van der Waals surface area contributed by atoms with Crippen molar-refractivity contribution in [3.8, 4) is 0 Å². The molecule has 0 fully saturated rings. The Hall–Kier alpha value is -1.97. The summed E-state index contributed by atoms with van der Waals surface area (Å²) in [5.74, 6) is 0.115. The number of hydrogen-bond acceptors (Lipinski definition) is 6. The SMILES string of the molecule is CCCn1c(COC(=O)COCC)nc2cc(S(=O)(=O)N(C)C)ccc21. The molecule has 1 aromatic heterocycles. The molecule has 0 aliphatic rings. The van der Waals surface area contributed by atoms with Gasteiger partial charge in [0.05, 0.1) is 15.9 Å². The summed E-state index contributed by atoms with van der Waals surface area (Å²) in [5, 5.41) is 0. The van der Waals surface area contributed by atoms with E-state index in [0.29, 0.717) is 24.5 Å². The van der Waals surface area contributed by atoms with Crippen LogP contribution in [0.2, 0.25) is 0 Å². The molecule has 9 heteroatoms. The lowest BCUT2D eigenvalue weighted by Gasteiger charge is -2.11. The maximum absolute atomic E-state index is 12.3. The zero-order valence-corrected chi connectivity index (χ0v) is 16.4. The molecule has 0 unspecified atom stereocenters. The van der Waals surface area contributed by atoms with Crippen LogP contribution in [0.5, 0.6) is 0 Å². The van der Waals surface area contributed by atoms with Gasteiger partial charge in [-0.15, -0.1) is 0 Å². The van der Waals surface area contributed by atoms with Crippen LogP contribution in [0.1, 0.15) is 26.1 Å². The molecule has 144 valence electrons. The van der Waals surface area contributed by atoms with Crippen molar-refractivity contribution in [1.82, 2.24) is 13.9 Å². The number of fused-ring (bicyclic) bond motifs is 1. The van der Waals surface area contributed by atoms with Crippen LogP contribution < -0.4 is 0 Å². The van der Waals surface area contributed by atoms with Crippen LogP contribution in [-0.4, -0.2) is 55.6 Å². The standard InChI is InChI=1S/C17H25N3O5S/c1-5-9-20-15-8-7-13(26(22,23)19(3)4)10-14(15)18-16(20)11-25-17(21)12-24-6-2/h7-8,10H,5-6,9,11-12H2,1-4H3. The molecule has 0 aliphatic carbocycles. The summed E-state index contributed by atoms with van der Waals surface area (Å²) in [6.07, 6.45) is 0.864. The van der Waals surface area contributed by atoms with Crippen molar-refractivity contribution in [3.05, 3.63) is 24.0 Å². The number of hydrogen-bond donors (Lipinski definition) is 0. The lowest BCUT2D eigenvalue weighted by atomic mass is 10.3. The minimum Gasteiger partial charge on any atom is -0.456 e. The number of aryl methyl sites for hydroxylation is 1. The van der Waals surface area contributed by atoms with Gasteiger partial charge in [-0.25, -0.2) is 22.5 Å². The summed E-state index contributed by atoms with van der Waals surface area (Å²) in [5.41, 5.74) is 1.36. The van der Waals surface area contributed by atoms with Gasteiger partial charge in [-0.05, 0) is 31.5 Å². The normalized spacial score (nSPS) is 12.0. The lowest BCUT2D eigenvalue weighted by molar-refractivity contribution is -0.150. The number of rotatable bonds is 9. The molecule has 0 saturated heterocycles. The average molecular weight is 383 g/mol. The van der Waals surface area contributed by atoms with Gasteiger partial charge in [-0.3, -0.25) is 0 Å². The number of benzene rings is 1. The van der Waals surface area contributed by atoms with Crippen LogP contribution >= 0.6 is 0 Å². The number of carbonyl (C=O) groups excluding carboxylic acids is 1. The van der Waals surface area contributed by atoms with Crippen molar-refractivity contribution in [2.24, 2.45) is 0 Å². The van der Waals surface area contributed by atoms with Crippen LogP contribution in [0, 0.1) is 0 Å². The Morgan fingerprint density at radius 2 is 2.00 bits per heavy atom. The number of esters is 1.